The first kappa shape index (κ1) is 25.1. The number of likely N-dealkylation sites (N-methyl/N-ethyl adjacent to an activating group) is 1. The molecule has 1 N–H and O–H groups in total. The fraction of sp³-hybridized carbons (Fsp3) is 0.320. The van der Waals surface area contributed by atoms with Crippen molar-refractivity contribution < 1.29 is 19.1 Å². The number of aromatic nitrogens is 2. The molecule has 0 saturated carbocycles. The zero-order valence-electron chi connectivity index (χ0n) is 20.0. The van der Waals surface area contributed by atoms with Gasteiger partial charge in [-0.15, -0.1) is 0 Å². The van der Waals surface area contributed by atoms with E-state index in [-0.39, 0.29) is 30.4 Å². The average Bonchev–Trinajstić information content (AvgIpc) is 3.22. The molecule has 0 saturated heterocycles. The number of halogens is 1. The van der Waals surface area contributed by atoms with Crippen molar-refractivity contribution in [2.24, 2.45) is 0 Å². The summed E-state index contributed by atoms with van der Waals surface area (Å²) < 4.78 is 12.4. The number of carbonyl (C=O) groups excluding carboxylic acids is 2. The molecule has 0 radical (unpaired) electrons. The fourth-order valence-electron chi connectivity index (χ4n) is 3.03. The van der Waals surface area contributed by atoms with Crippen molar-refractivity contribution in [1.29, 1.82) is 0 Å². The fourth-order valence-corrected chi connectivity index (χ4v) is 3.15. The van der Waals surface area contributed by atoms with E-state index in [4.69, 9.17) is 26.2 Å². The molecule has 180 valence electrons. The maximum Gasteiger partial charge on any atom is 0.260 e. The van der Waals surface area contributed by atoms with E-state index >= 15 is 0 Å². The third-order valence-electron chi connectivity index (χ3n) is 5.04. The first-order valence-corrected chi connectivity index (χ1v) is 11.1. The van der Waals surface area contributed by atoms with Gasteiger partial charge < -0.3 is 19.7 Å². The summed E-state index contributed by atoms with van der Waals surface area (Å²) in [5.41, 5.74) is 1.37. The van der Waals surface area contributed by atoms with Crippen LogP contribution < -0.4 is 14.8 Å². The normalized spacial score (nSPS) is 11.1. The molecule has 2 aromatic carbocycles. The summed E-state index contributed by atoms with van der Waals surface area (Å²) in [6.07, 6.45) is 0. The Morgan fingerprint density at radius 3 is 2.26 bits per heavy atom. The van der Waals surface area contributed by atoms with E-state index in [0.717, 1.165) is 17.1 Å². The van der Waals surface area contributed by atoms with Crippen LogP contribution in [0.25, 0.3) is 5.69 Å². The molecule has 0 aliphatic carbocycles. The second kappa shape index (κ2) is 10.6. The molecule has 2 amide bonds. The molecule has 9 heteroatoms. The van der Waals surface area contributed by atoms with Crippen LogP contribution in [0.4, 0.5) is 5.82 Å². The molecule has 0 bridgehead atoms. The molecule has 3 rings (SSSR count). The van der Waals surface area contributed by atoms with E-state index in [2.05, 4.69) is 5.32 Å². The maximum atomic E-state index is 12.8. The summed E-state index contributed by atoms with van der Waals surface area (Å²) >= 11 is 5.85. The number of hydrogen-bond donors (Lipinski definition) is 1. The highest BCUT2D eigenvalue weighted by Gasteiger charge is 2.22. The number of anilines is 1. The Morgan fingerprint density at radius 2 is 1.68 bits per heavy atom. The van der Waals surface area contributed by atoms with Gasteiger partial charge in [0.1, 0.15) is 17.3 Å². The lowest BCUT2D eigenvalue weighted by molar-refractivity contribution is -0.135. The summed E-state index contributed by atoms with van der Waals surface area (Å²) in [5, 5.41) is 8.15. The molecule has 0 atom stereocenters. The lowest BCUT2D eigenvalue weighted by Gasteiger charge is -2.17. The second-order valence-electron chi connectivity index (χ2n) is 8.82. The number of hydrogen-bond acceptors (Lipinski definition) is 5. The van der Waals surface area contributed by atoms with Crippen LogP contribution in [0.1, 0.15) is 26.5 Å². The zero-order valence-corrected chi connectivity index (χ0v) is 20.7. The van der Waals surface area contributed by atoms with Crippen molar-refractivity contribution in [1.82, 2.24) is 14.7 Å². The molecule has 0 aliphatic rings. The number of nitrogens with zero attached hydrogens (tertiary/aromatic N) is 3. The number of ether oxygens (including phenoxy) is 2. The number of amides is 2. The molecule has 1 heterocycles. The standard InChI is InChI=1S/C25H29ClN4O4/c1-25(2,3)21-14-22(30(28-21)18-8-12-19(33-5)13-9-18)27-23(31)15-29(4)24(32)16-34-20-10-6-17(26)7-11-20/h6-14H,15-16H2,1-5H3,(H,27,31). The van der Waals surface area contributed by atoms with E-state index in [1.54, 1.807) is 43.1 Å². The van der Waals surface area contributed by atoms with Crippen LogP contribution in [0.15, 0.2) is 54.6 Å². The van der Waals surface area contributed by atoms with E-state index in [1.165, 1.54) is 4.90 Å². The van der Waals surface area contributed by atoms with Gasteiger partial charge in [-0.1, -0.05) is 32.4 Å². The lowest BCUT2D eigenvalue weighted by atomic mass is 9.92. The van der Waals surface area contributed by atoms with Gasteiger partial charge in [-0.05, 0) is 48.5 Å². The van der Waals surface area contributed by atoms with E-state index in [9.17, 15) is 9.59 Å². The highest BCUT2D eigenvalue weighted by molar-refractivity contribution is 6.30. The molecule has 34 heavy (non-hydrogen) atoms. The van der Waals surface area contributed by atoms with Gasteiger partial charge in [0.25, 0.3) is 5.91 Å². The van der Waals surface area contributed by atoms with Crippen molar-refractivity contribution in [2.45, 2.75) is 26.2 Å². The lowest BCUT2D eigenvalue weighted by Crippen LogP contribution is -2.37. The molecule has 0 spiro atoms. The third kappa shape index (κ3) is 6.51. The topological polar surface area (TPSA) is 85.7 Å². The molecule has 0 aliphatic heterocycles. The molecule has 0 fully saturated rings. The number of methoxy groups -OCH3 is 1. The van der Waals surface area contributed by atoms with Crippen molar-refractivity contribution in [2.75, 3.05) is 32.6 Å². The summed E-state index contributed by atoms with van der Waals surface area (Å²) in [5.74, 6) is 1.08. The van der Waals surface area contributed by atoms with Gasteiger partial charge in [0.2, 0.25) is 5.91 Å². The smallest absolute Gasteiger partial charge is 0.260 e. The van der Waals surface area contributed by atoms with Gasteiger partial charge in [-0.2, -0.15) is 5.10 Å². The third-order valence-corrected chi connectivity index (χ3v) is 5.30. The highest BCUT2D eigenvalue weighted by Crippen LogP contribution is 2.27. The number of carbonyl (C=O) groups is 2. The minimum atomic E-state index is -0.350. The average molecular weight is 485 g/mol. The predicted molar refractivity (Wildman–Crippen MR) is 132 cm³/mol. The van der Waals surface area contributed by atoms with Gasteiger partial charge in [0, 0.05) is 23.6 Å². The van der Waals surface area contributed by atoms with Gasteiger partial charge in [0.05, 0.1) is 25.0 Å². The Bertz CT molecular complexity index is 1140. The van der Waals surface area contributed by atoms with Gasteiger partial charge >= 0.3 is 0 Å². The Balaban J connectivity index is 1.68. The van der Waals surface area contributed by atoms with Gasteiger partial charge in [0.15, 0.2) is 6.61 Å². The first-order chi connectivity index (χ1) is 16.1. The summed E-state index contributed by atoms with van der Waals surface area (Å²) in [6.45, 7) is 5.82. The van der Waals surface area contributed by atoms with Crippen LogP contribution in [0.2, 0.25) is 5.02 Å². The van der Waals surface area contributed by atoms with Gasteiger partial charge in [-0.3, -0.25) is 9.59 Å². The van der Waals surface area contributed by atoms with Crippen molar-refractivity contribution >= 4 is 29.2 Å². The first-order valence-electron chi connectivity index (χ1n) is 10.7. The minimum absolute atomic E-state index is 0.137. The van der Waals surface area contributed by atoms with Crippen LogP contribution in [0.5, 0.6) is 11.5 Å². The van der Waals surface area contributed by atoms with E-state index < -0.39 is 0 Å². The predicted octanol–water partition coefficient (Wildman–Crippen LogP) is 4.31. The summed E-state index contributed by atoms with van der Waals surface area (Å²) in [4.78, 5) is 26.5. The second-order valence-corrected chi connectivity index (χ2v) is 9.25. The summed E-state index contributed by atoms with van der Waals surface area (Å²) in [7, 11) is 3.15. The molecule has 8 nitrogen and oxygen atoms in total. The van der Waals surface area contributed by atoms with Crippen molar-refractivity contribution in [3.8, 4) is 17.2 Å². The molecule has 0 unspecified atom stereocenters. The SMILES string of the molecule is COc1ccc(-n2nc(C(C)(C)C)cc2NC(=O)CN(C)C(=O)COc2ccc(Cl)cc2)cc1. The largest absolute Gasteiger partial charge is 0.497 e. The molecular formula is C25H29ClN4O4. The van der Waals surface area contributed by atoms with Crippen molar-refractivity contribution in [3.63, 3.8) is 0 Å². The number of benzene rings is 2. The maximum absolute atomic E-state index is 12.8. The highest BCUT2D eigenvalue weighted by atomic mass is 35.5. The Morgan fingerprint density at radius 1 is 1.06 bits per heavy atom. The molecule has 1 aromatic heterocycles. The van der Waals surface area contributed by atoms with Gasteiger partial charge in [-0.25, -0.2) is 4.68 Å². The van der Waals surface area contributed by atoms with E-state index in [1.807, 2.05) is 51.1 Å². The minimum Gasteiger partial charge on any atom is -0.497 e. The van der Waals surface area contributed by atoms with Crippen LogP contribution in [-0.4, -0.2) is 53.8 Å². The zero-order chi connectivity index (χ0) is 24.9. The van der Waals surface area contributed by atoms with Crippen LogP contribution in [-0.2, 0) is 15.0 Å². The van der Waals surface area contributed by atoms with Crippen LogP contribution in [0, 0.1) is 0 Å². The van der Waals surface area contributed by atoms with E-state index in [0.29, 0.717) is 16.6 Å². The van der Waals surface area contributed by atoms with Crippen LogP contribution in [0.3, 0.4) is 0 Å². The number of nitrogens with one attached hydrogen (secondary N) is 1. The Hall–Kier alpha value is -3.52. The molecule has 3 aromatic rings. The Labute approximate surface area is 204 Å². The quantitative estimate of drug-likeness (QED) is 0.515. The van der Waals surface area contributed by atoms with Crippen molar-refractivity contribution in [3.05, 3.63) is 65.3 Å². The molecular weight excluding hydrogens is 456 g/mol. The van der Waals surface area contributed by atoms with Crippen LogP contribution >= 0.6 is 11.6 Å². The monoisotopic (exact) mass is 484 g/mol. The summed E-state index contributed by atoms with van der Waals surface area (Å²) in [6, 6.07) is 15.9. The number of rotatable bonds is 8. The Kier molecular flexibility index (Phi) is 7.83.